The molecule has 1 aromatic carbocycles. The van der Waals surface area contributed by atoms with Crippen LogP contribution in [0.15, 0.2) is 30.3 Å². The molecule has 1 aliphatic carbocycles. The molecule has 0 aromatic heterocycles. The SMILES string of the molecule is CCCC(NC(=O)[C@@H]1CC2(CN1C(=O)[C@@H](NC(=O)OC1CCOCC1)C1CCCCC1)SCCCS2)C(=O)C(=O)NCC(=O)NC(C(=O)O)c1ccccc1. The van der Waals surface area contributed by atoms with Crippen molar-refractivity contribution in [3.63, 3.8) is 0 Å². The first kappa shape index (κ1) is 42.3. The van der Waals surface area contributed by atoms with Crippen LogP contribution in [-0.2, 0) is 38.2 Å². The average molecular weight is 804 g/mol. The van der Waals surface area contributed by atoms with Crippen molar-refractivity contribution in [3.05, 3.63) is 35.9 Å². The van der Waals surface area contributed by atoms with Crippen LogP contribution in [0.2, 0.25) is 0 Å². The van der Waals surface area contributed by atoms with Crippen LogP contribution in [-0.4, -0.2) is 118 Å². The third-order valence-corrected chi connectivity index (χ3v) is 13.9. The van der Waals surface area contributed by atoms with Crippen molar-refractivity contribution >= 4 is 65.0 Å². The molecule has 5 amide bonds. The number of aliphatic carboxylic acids is 1. The predicted molar refractivity (Wildman–Crippen MR) is 206 cm³/mol. The second-order valence-electron chi connectivity index (χ2n) is 14.5. The van der Waals surface area contributed by atoms with Crippen molar-refractivity contribution in [3.8, 4) is 0 Å². The molecule has 3 saturated heterocycles. The zero-order valence-corrected chi connectivity index (χ0v) is 32.9. The number of nitrogens with zero attached hydrogens (tertiary/aromatic N) is 1. The first-order valence-corrected chi connectivity index (χ1v) is 21.3. The molecule has 4 aliphatic rings. The minimum Gasteiger partial charge on any atom is -0.479 e. The highest BCUT2D eigenvalue weighted by molar-refractivity contribution is 8.18. The van der Waals surface area contributed by atoms with Gasteiger partial charge in [-0.05, 0) is 48.7 Å². The third-order valence-electron chi connectivity index (χ3n) is 10.5. The van der Waals surface area contributed by atoms with Crippen molar-refractivity contribution in [2.45, 2.75) is 112 Å². The number of ether oxygens (including phenoxy) is 2. The lowest BCUT2D eigenvalue weighted by atomic mass is 9.83. The minimum atomic E-state index is -1.36. The zero-order chi connectivity index (χ0) is 39.4. The summed E-state index contributed by atoms with van der Waals surface area (Å²) in [6.45, 7) is 2.39. The highest BCUT2D eigenvalue weighted by Crippen LogP contribution is 2.50. The maximum Gasteiger partial charge on any atom is 0.408 e. The fourth-order valence-corrected chi connectivity index (χ4v) is 11.0. The molecule has 1 saturated carbocycles. The Morgan fingerprint density at radius 1 is 0.927 bits per heavy atom. The number of carbonyl (C=O) groups excluding carboxylic acids is 6. The fourth-order valence-electron chi connectivity index (χ4n) is 7.64. The maximum atomic E-state index is 14.7. The first-order valence-electron chi connectivity index (χ1n) is 19.3. The van der Waals surface area contributed by atoms with E-state index in [1.54, 1.807) is 65.7 Å². The summed E-state index contributed by atoms with van der Waals surface area (Å²) in [6, 6.07) is 3.59. The quantitative estimate of drug-likeness (QED) is 0.162. The third kappa shape index (κ3) is 11.6. The van der Waals surface area contributed by atoms with Gasteiger partial charge in [0.15, 0.2) is 6.04 Å². The zero-order valence-electron chi connectivity index (χ0n) is 31.3. The Morgan fingerprint density at radius 3 is 2.27 bits per heavy atom. The molecule has 2 unspecified atom stereocenters. The van der Waals surface area contributed by atoms with E-state index < -0.39 is 70.4 Å². The van der Waals surface area contributed by atoms with Gasteiger partial charge in [-0.15, -0.1) is 23.5 Å². The summed E-state index contributed by atoms with van der Waals surface area (Å²) in [6.07, 6.45) is 6.42. The lowest BCUT2D eigenvalue weighted by Gasteiger charge is -2.36. The number of alkyl carbamates (subject to hydrolysis) is 1. The molecule has 4 fully saturated rings. The van der Waals surface area contributed by atoms with Crippen LogP contribution in [0.4, 0.5) is 4.79 Å². The average Bonchev–Trinajstić information content (AvgIpc) is 3.57. The van der Waals surface area contributed by atoms with Crippen molar-refractivity contribution in [2.75, 3.05) is 37.8 Å². The fraction of sp³-hybridized carbons (Fsp3) is 0.658. The number of carboxylic acid groups (broad SMARTS) is 1. The van der Waals surface area contributed by atoms with Crippen LogP contribution in [0.3, 0.4) is 0 Å². The van der Waals surface area contributed by atoms with E-state index in [4.69, 9.17) is 9.47 Å². The molecule has 55 heavy (non-hydrogen) atoms. The van der Waals surface area contributed by atoms with Gasteiger partial charge in [-0.25, -0.2) is 9.59 Å². The molecule has 0 bridgehead atoms. The Bertz CT molecular complexity index is 1530. The molecule has 302 valence electrons. The second-order valence-corrected chi connectivity index (χ2v) is 17.7. The molecular weight excluding hydrogens is 751 g/mol. The summed E-state index contributed by atoms with van der Waals surface area (Å²) in [4.78, 5) is 94.6. The van der Waals surface area contributed by atoms with Gasteiger partial charge in [0.1, 0.15) is 18.2 Å². The van der Waals surface area contributed by atoms with E-state index in [-0.39, 0.29) is 30.9 Å². The van der Waals surface area contributed by atoms with E-state index in [1.807, 2.05) is 0 Å². The van der Waals surface area contributed by atoms with Crippen LogP contribution in [0.5, 0.6) is 0 Å². The van der Waals surface area contributed by atoms with Crippen molar-refractivity contribution in [2.24, 2.45) is 5.92 Å². The van der Waals surface area contributed by atoms with E-state index in [9.17, 15) is 38.7 Å². The summed E-state index contributed by atoms with van der Waals surface area (Å²) in [5.74, 6) is -3.53. The Kier molecular flexibility index (Phi) is 15.7. The molecule has 17 heteroatoms. The van der Waals surface area contributed by atoms with Gasteiger partial charge in [0, 0.05) is 25.8 Å². The Morgan fingerprint density at radius 2 is 1.62 bits per heavy atom. The van der Waals surface area contributed by atoms with Crippen LogP contribution in [0.1, 0.15) is 89.2 Å². The van der Waals surface area contributed by atoms with Crippen molar-refractivity contribution < 1.29 is 48.1 Å². The minimum absolute atomic E-state index is 0.124. The maximum absolute atomic E-state index is 14.7. The highest BCUT2D eigenvalue weighted by atomic mass is 32.2. The van der Waals surface area contributed by atoms with Crippen LogP contribution in [0, 0.1) is 5.92 Å². The molecule has 1 aromatic rings. The van der Waals surface area contributed by atoms with Crippen molar-refractivity contribution in [1.82, 2.24) is 26.2 Å². The van der Waals surface area contributed by atoms with E-state index in [0.717, 1.165) is 50.0 Å². The molecule has 0 radical (unpaired) electrons. The number of hydrogen-bond acceptors (Lipinski definition) is 11. The monoisotopic (exact) mass is 803 g/mol. The molecule has 3 heterocycles. The van der Waals surface area contributed by atoms with Gasteiger partial charge in [-0.3, -0.25) is 24.0 Å². The number of thioether (sulfide) groups is 2. The number of nitrogens with one attached hydrogen (secondary N) is 4. The van der Waals surface area contributed by atoms with E-state index >= 15 is 0 Å². The van der Waals surface area contributed by atoms with Crippen LogP contribution in [0.25, 0.3) is 0 Å². The van der Waals surface area contributed by atoms with Crippen LogP contribution < -0.4 is 21.3 Å². The Labute approximate surface area is 329 Å². The Balaban J connectivity index is 1.27. The summed E-state index contributed by atoms with van der Waals surface area (Å²) < 4.78 is 10.6. The van der Waals surface area contributed by atoms with E-state index in [1.165, 1.54) is 0 Å². The standard InChI is InChI=1S/C38H53N5O10S2/c1-2-10-27(32(45)34(47)39-22-29(44)41-31(36(49)50)25-13-7-4-8-14-25)40-33(46)28-21-38(54-19-9-20-55-38)23-43(28)35(48)30(24-11-5-3-6-12-24)42-37(51)53-26-15-17-52-18-16-26/h4,7-8,13-14,24,26-28,30-31H,2-3,5-6,9-12,15-23H2,1H3,(H,39,47)(H,40,46)(H,41,44)(H,42,51)(H,49,50)/t27?,28-,30-,31?/m0/s1. The number of carboxylic acids is 1. The Hall–Kier alpha value is -3.83. The topological polar surface area (TPSA) is 210 Å². The number of ketones is 1. The van der Waals surface area contributed by atoms with Gasteiger partial charge in [-0.1, -0.05) is 62.9 Å². The van der Waals surface area contributed by atoms with E-state index in [2.05, 4.69) is 21.3 Å². The highest BCUT2D eigenvalue weighted by Gasteiger charge is 2.52. The second kappa shape index (κ2) is 20.4. The van der Waals surface area contributed by atoms with Gasteiger partial charge in [0.05, 0.1) is 29.9 Å². The smallest absolute Gasteiger partial charge is 0.408 e. The van der Waals surface area contributed by atoms with E-state index in [0.29, 0.717) is 44.5 Å². The number of benzene rings is 1. The summed E-state index contributed by atoms with van der Waals surface area (Å²) in [5.41, 5.74) is 0.332. The van der Waals surface area contributed by atoms with Crippen molar-refractivity contribution in [1.29, 1.82) is 0 Å². The lowest BCUT2D eigenvalue weighted by Crippen LogP contribution is -2.58. The first-order chi connectivity index (χ1) is 26.5. The molecule has 5 N–H and O–H groups in total. The van der Waals surface area contributed by atoms with Crippen LogP contribution >= 0.6 is 23.5 Å². The van der Waals surface area contributed by atoms with Gasteiger partial charge >= 0.3 is 12.1 Å². The summed E-state index contributed by atoms with van der Waals surface area (Å²) in [5, 5.41) is 19.9. The number of Topliss-reactive ketones (excluding diaryl/α,β-unsaturated/α-hetero) is 1. The summed E-state index contributed by atoms with van der Waals surface area (Å²) in [7, 11) is 0. The summed E-state index contributed by atoms with van der Waals surface area (Å²) >= 11 is 3.43. The number of carbonyl (C=O) groups is 7. The molecule has 1 spiro atoms. The predicted octanol–water partition coefficient (Wildman–Crippen LogP) is 2.92. The number of rotatable bonds is 15. The molecule has 4 atom stereocenters. The molecule has 15 nitrogen and oxygen atoms in total. The largest absolute Gasteiger partial charge is 0.479 e. The molecule has 3 aliphatic heterocycles. The van der Waals surface area contributed by atoms with Gasteiger partial charge in [0.2, 0.25) is 23.5 Å². The number of hydrogen-bond donors (Lipinski definition) is 5. The van der Waals surface area contributed by atoms with Gasteiger partial charge < -0.3 is 40.7 Å². The lowest BCUT2D eigenvalue weighted by molar-refractivity contribution is -0.144. The number of likely N-dealkylation sites (tertiary alicyclic amines) is 1. The number of amides is 5. The van der Waals surface area contributed by atoms with Gasteiger partial charge in [0.25, 0.3) is 5.91 Å². The van der Waals surface area contributed by atoms with Gasteiger partial charge in [-0.2, -0.15) is 0 Å². The molecule has 5 rings (SSSR count). The normalized spacial score (nSPS) is 21.8. The molecular formula is C38H53N5O10S2.